The third-order valence-electron chi connectivity index (χ3n) is 3.02. The first-order valence-corrected chi connectivity index (χ1v) is 7.25. The van der Waals surface area contributed by atoms with Crippen LogP contribution in [0.2, 0.25) is 0 Å². The molecule has 0 radical (unpaired) electrons. The van der Waals surface area contributed by atoms with Crippen molar-refractivity contribution in [3.05, 3.63) is 0 Å². The van der Waals surface area contributed by atoms with Crippen LogP contribution in [0.25, 0.3) is 0 Å². The Kier molecular flexibility index (Phi) is 8.42. The number of nitrogens with one attached hydrogen (secondary N) is 2. The molecule has 3 N–H and O–H groups in total. The zero-order valence-corrected chi connectivity index (χ0v) is 13.5. The molecule has 2 atom stereocenters. The van der Waals surface area contributed by atoms with Crippen molar-refractivity contribution in [2.75, 3.05) is 13.1 Å². The second-order valence-corrected chi connectivity index (χ2v) is 5.54. The molecule has 0 aromatic rings. The van der Waals surface area contributed by atoms with E-state index in [0.29, 0.717) is 19.0 Å². The lowest BCUT2D eigenvalue weighted by Gasteiger charge is -2.28. The molecule has 2 unspecified atom stereocenters. The number of rotatable bonds is 8. The van der Waals surface area contributed by atoms with Crippen molar-refractivity contribution in [1.82, 2.24) is 15.5 Å². The average Bonchev–Trinajstić information content (AvgIpc) is 2.35. The molecule has 0 fully saturated rings. The molecule has 122 valence electrons. The van der Waals surface area contributed by atoms with E-state index in [9.17, 15) is 14.4 Å². The first-order chi connectivity index (χ1) is 9.68. The number of aliphatic carboxylic acids is 1. The maximum absolute atomic E-state index is 12.1. The molecular formula is C14H27N3O4. The van der Waals surface area contributed by atoms with Crippen LogP contribution in [-0.4, -0.2) is 53.1 Å². The molecule has 7 nitrogen and oxygen atoms in total. The summed E-state index contributed by atoms with van der Waals surface area (Å²) in [4.78, 5) is 36.0. The van der Waals surface area contributed by atoms with Crippen molar-refractivity contribution in [3.63, 3.8) is 0 Å². The minimum atomic E-state index is -0.962. The number of hydrogen-bond acceptors (Lipinski definition) is 3. The van der Waals surface area contributed by atoms with Crippen LogP contribution in [0.4, 0.5) is 4.79 Å². The van der Waals surface area contributed by atoms with E-state index < -0.39 is 24.1 Å². The number of carbonyl (C=O) groups excluding carboxylic acids is 2. The molecule has 0 aliphatic carbocycles. The summed E-state index contributed by atoms with van der Waals surface area (Å²) in [5.41, 5.74) is 0. The van der Waals surface area contributed by atoms with Gasteiger partial charge in [-0.2, -0.15) is 0 Å². The maximum Gasteiger partial charge on any atom is 0.318 e. The van der Waals surface area contributed by atoms with Crippen molar-refractivity contribution in [1.29, 1.82) is 0 Å². The molecule has 21 heavy (non-hydrogen) atoms. The van der Waals surface area contributed by atoms with Gasteiger partial charge < -0.3 is 20.6 Å². The van der Waals surface area contributed by atoms with Crippen LogP contribution >= 0.6 is 0 Å². The Morgan fingerprint density at radius 2 is 1.71 bits per heavy atom. The van der Waals surface area contributed by atoms with Crippen LogP contribution in [0.3, 0.4) is 0 Å². The number of hydrogen-bond donors (Lipinski definition) is 3. The SMILES string of the molecule is CCN(C(=O)NC(C)C(=O)NCC(C)C)C(C)CC(=O)O. The molecule has 0 aromatic carbocycles. The van der Waals surface area contributed by atoms with Crippen LogP contribution < -0.4 is 10.6 Å². The summed E-state index contributed by atoms with van der Waals surface area (Å²) in [7, 11) is 0. The maximum atomic E-state index is 12.1. The average molecular weight is 301 g/mol. The van der Waals surface area contributed by atoms with Crippen LogP contribution in [0, 0.1) is 5.92 Å². The van der Waals surface area contributed by atoms with Gasteiger partial charge in [0.05, 0.1) is 6.42 Å². The van der Waals surface area contributed by atoms with E-state index in [1.54, 1.807) is 20.8 Å². The van der Waals surface area contributed by atoms with E-state index in [4.69, 9.17) is 5.11 Å². The second kappa shape index (κ2) is 9.20. The fourth-order valence-electron chi connectivity index (χ4n) is 1.81. The van der Waals surface area contributed by atoms with Gasteiger partial charge in [0.1, 0.15) is 6.04 Å². The van der Waals surface area contributed by atoms with E-state index in [1.807, 2.05) is 13.8 Å². The van der Waals surface area contributed by atoms with Gasteiger partial charge in [0, 0.05) is 19.1 Å². The highest BCUT2D eigenvalue weighted by Crippen LogP contribution is 2.04. The molecule has 0 heterocycles. The molecule has 0 aliphatic heterocycles. The molecule has 0 bridgehead atoms. The van der Waals surface area contributed by atoms with Crippen molar-refractivity contribution < 1.29 is 19.5 Å². The smallest absolute Gasteiger partial charge is 0.318 e. The van der Waals surface area contributed by atoms with E-state index in [1.165, 1.54) is 4.90 Å². The Bertz CT molecular complexity index is 371. The van der Waals surface area contributed by atoms with Gasteiger partial charge in [0.25, 0.3) is 0 Å². The lowest BCUT2D eigenvalue weighted by atomic mass is 10.2. The third-order valence-corrected chi connectivity index (χ3v) is 3.02. The predicted octanol–water partition coefficient (Wildman–Crippen LogP) is 1.04. The lowest BCUT2D eigenvalue weighted by Crippen LogP contribution is -2.52. The molecule has 0 saturated heterocycles. The summed E-state index contributed by atoms with van der Waals surface area (Å²) in [6, 6.07) is -1.53. The van der Waals surface area contributed by atoms with E-state index in [2.05, 4.69) is 10.6 Å². The van der Waals surface area contributed by atoms with E-state index >= 15 is 0 Å². The molecule has 0 aliphatic rings. The van der Waals surface area contributed by atoms with Crippen molar-refractivity contribution >= 4 is 17.9 Å². The molecule has 3 amide bonds. The van der Waals surface area contributed by atoms with Gasteiger partial charge in [-0.25, -0.2) is 4.79 Å². The van der Waals surface area contributed by atoms with Gasteiger partial charge in [-0.05, 0) is 26.7 Å². The summed E-state index contributed by atoms with van der Waals surface area (Å²) in [5, 5.41) is 14.1. The largest absolute Gasteiger partial charge is 0.481 e. The zero-order valence-electron chi connectivity index (χ0n) is 13.5. The molecule has 0 aromatic heterocycles. The number of urea groups is 1. The topological polar surface area (TPSA) is 98.7 Å². The Labute approximate surface area is 126 Å². The van der Waals surface area contributed by atoms with Gasteiger partial charge in [0.2, 0.25) is 5.91 Å². The molecule has 0 saturated carbocycles. The molecule has 7 heteroatoms. The summed E-state index contributed by atoms with van der Waals surface area (Å²) in [6.45, 7) is 9.92. The molecule has 0 spiro atoms. The number of carboxylic acids is 1. The normalized spacial score (nSPS) is 13.4. The second-order valence-electron chi connectivity index (χ2n) is 5.54. The first kappa shape index (κ1) is 19.2. The van der Waals surface area contributed by atoms with Gasteiger partial charge in [-0.15, -0.1) is 0 Å². The van der Waals surface area contributed by atoms with Gasteiger partial charge >= 0.3 is 12.0 Å². The van der Waals surface area contributed by atoms with Crippen molar-refractivity contribution in [2.45, 2.75) is 53.1 Å². The van der Waals surface area contributed by atoms with Gasteiger partial charge in [0.15, 0.2) is 0 Å². The summed E-state index contributed by atoms with van der Waals surface area (Å²) in [5.74, 6) is -0.880. The monoisotopic (exact) mass is 301 g/mol. The number of nitrogens with zero attached hydrogens (tertiary/aromatic N) is 1. The Hall–Kier alpha value is -1.79. The van der Waals surface area contributed by atoms with E-state index in [-0.39, 0.29) is 12.3 Å². The van der Waals surface area contributed by atoms with Gasteiger partial charge in [-0.1, -0.05) is 13.8 Å². The Morgan fingerprint density at radius 1 is 1.14 bits per heavy atom. The van der Waals surface area contributed by atoms with Crippen LogP contribution in [0.1, 0.15) is 41.0 Å². The molecule has 0 rings (SSSR count). The fourth-order valence-corrected chi connectivity index (χ4v) is 1.81. The quantitative estimate of drug-likeness (QED) is 0.624. The highest BCUT2D eigenvalue weighted by atomic mass is 16.4. The predicted molar refractivity (Wildman–Crippen MR) is 79.9 cm³/mol. The first-order valence-electron chi connectivity index (χ1n) is 7.25. The van der Waals surface area contributed by atoms with Crippen LogP contribution in [-0.2, 0) is 9.59 Å². The lowest BCUT2D eigenvalue weighted by molar-refractivity contribution is -0.138. The standard InChI is InChI=1S/C14H27N3O4/c1-6-17(10(4)7-12(18)19)14(21)16-11(5)13(20)15-8-9(2)3/h9-11H,6-8H2,1-5H3,(H,15,20)(H,16,21)(H,18,19). The fraction of sp³-hybridized carbons (Fsp3) is 0.786. The minimum absolute atomic E-state index is 0.130. The van der Waals surface area contributed by atoms with E-state index in [0.717, 1.165) is 0 Å². The third kappa shape index (κ3) is 7.53. The molecular weight excluding hydrogens is 274 g/mol. The van der Waals surface area contributed by atoms with Crippen LogP contribution in [0.5, 0.6) is 0 Å². The van der Waals surface area contributed by atoms with Gasteiger partial charge in [-0.3, -0.25) is 9.59 Å². The number of carboxylic acid groups (broad SMARTS) is 1. The minimum Gasteiger partial charge on any atom is -0.481 e. The highest BCUT2D eigenvalue weighted by Gasteiger charge is 2.23. The summed E-state index contributed by atoms with van der Waals surface area (Å²) >= 11 is 0. The Balaban J connectivity index is 4.48. The number of amides is 3. The zero-order chi connectivity index (χ0) is 16.6. The number of carbonyl (C=O) groups is 3. The summed E-state index contributed by atoms with van der Waals surface area (Å²) in [6.07, 6.45) is -0.130. The van der Waals surface area contributed by atoms with Crippen molar-refractivity contribution in [3.8, 4) is 0 Å². The van der Waals surface area contributed by atoms with Crippen LogP contribution in [0.15, 0.2) is 0 Å². The summed E-state index contributed by atoms with van der Waals surface area (Å²) < 4.78 is 0. The van der Waals surface area contributed by atoms with Crippen molar-refractivity contribution in [2.24, 2.45) is 5.92 Å². The highest BCUT2D eigenvalue weighted by molar-refractivity contribution is 5.86. The Morgan fingerprint density at radius 3 is 2.14 bits per heavy atom.